The highest BCUT2D eigenvalue weighted by Gasteiger charge is 2.27. The Labute approximate surface area is 191 Å². The Hall–Kier alpha value is -2.84. The van der Waals surface area contributed by atoms with E-state index in [1.54, 1.807) is 42.5 Å². The summed E-state index contributed by atoms with van der Waals surface area (Å²) in [5.41, 5.74) is 2.85. The summed E-state index contributed by atoms with van der Waals surface area (Å²) in [5, 5.41) is 2.77. The van der Waals surface area contributed by atoms with E-state index in [2.05, 4.69) is 21.2 Å². The van der Waals surface area contributed by atoms with Gasteiger partial charge in [0.05, 0.1) is 17.7 Å². The molecule has 6 nitrogen and oxygen atoms in total. The van der Waals surface area contributed by atoms with Crippen molar-refractivity contribution < 1.29 is 17.9 Å². The number of rotatable bonds is 7. The van der Waals surface area contributed by atoms with E-state index in [1.165, 1.54) is 19.2 Å². The van der Waals surface area contributed by atoms with Gasteiger partial charge < -0.3 is 10.1 Å². The first-order chi connectivity index (χ1) is 14.7. The Morgan fingerprint density at radius 1 is 1.00 bits per heavy atom. The lowest BCUT2D eigenvalue weighted by Crippen LogP contribution is -2.38. The molecule has 0 atom stereocenters. The Kier molecular flexibility index (Phi) is 7.02. The molecule has 0 bridgehead atoms. The van der Waals surface area contributed by atoms with Crippen LogP contribution in [-0.2, 0) is 14.8 Å². The Morgan fingerprint density at radius 3 is 2.23 bits per heavy atom. The van der Waals surface area contributed by atoms with E-state index < -0.39 is 15.9 Å². The third-order valence-electron chi connectivity index (χ3n) is 4.70. The van der Waals surface area contributed by atoms with Gasteiger partial charge in [-0.15, -0.1) is 0 Å². The van der Waals surface area contributed by atoms with E-state index in [0.29, 0.717) is 17.1 Å². The molecule has 0 heterocycles. The van der Waals surface area contributed by atoms with Crippen LogP contribution in [0.25, 0.3) is 0 Å². The molecule has 3 aromatic carbocycles. The maximum atomic E-state index is 13.4. The van der Waals surface area contributed by atoms with Crippen LogP contribution in [0, 0.1) is 13.8 Å². The highest BCUT2D eigenvalue weighted by molar-refractivity contribution is 9.10. The van der Waals surface area contributed by atoms with E-state index in [4.69, 9.17) is 4.74 Å². The number of hydrogen-bond acceptors (Lipinski definition) is 4. The largest absolute Gasteiger partial charge is 0.497 e. The molecule has 0 aliphatic carbocycles. The lowest BCUT2D eigenvalue weighted by atomic mass is 10.2. The number of halogens is 1. The summed E-state index contributed by atoms with van der Waals surface area (Å²) in [5.74, 6) is 0.138. The van der Waals surface area contributed by atoms with Crippen LogP contribution in [-0.4, -0.2) is 28.0 Å². The van der Waals surface area contributed by atoms with Gasteiger partial charge in [-0.2, -0.15) is 0 Å². The first-order valence-corrected chi connectivity index (χ1v) is 11.7. The number of amides is 1. The molecule has 0 aliphatic heterocycles. The van der Waals surface area contributed by atoms with Gasteiger partial charge in [0.2, 0.25) is 5.91 Å². The summed E-state index contributed by atoms with van der Waals surface area (Å²) in [6, 6.07) is 18.5. The Morgan fingerprint density at radius 2 is 1.65 bits per heavy atom. The molecule has 0 saturated carbocycles. The molecule has 1 N–H and O–H groups in total. The molecule has 0 spiro atoms. The van der Waals surface area contributed by atoms with Crippen molar-refractivity contribution in [2.75, 3.05) is 23.3 Å². The molecule has 3 rings (SSSR count). The smallest absolute Gasteiger partial charge is 0.264 e. The monoisotopic (exact) mass is 502 g/mol. The van der Waals surface area contributed by atoms with Crippen LogP contribution < -0.4 is 14.4 Å². The summed E-state index contributed by atoms with van der Waals surface area (Å²) in [7, 11) is -2.44. The predicted octanol–water partition coefficient (Wildman–Crippen LogP) is 4.91. The SMILES string of the molecule is COc1ccc(N(CC(=O)Nc2ccc(Br)c(C)c2)S(=O)(=O)c2ccc(C)cc2)cc1. The zero-order valence-corrected chi connectivity index (χ0v) is 19.8. The predicted molar refractivity (Wildman–Crippen MR) is 126 cm³/mol. The first-order valence-electron chi connectivity index (χ1n) is 9.50. The minimum atomic E-state index is -3.97. The number of sulfonamides is 1. The molecule has 0 aliphatic rings. The van der Waals surface area contributed by atoms with Crippen molar-refractivity contribution in [1.82, 2.24) is 0 Å². The summed E-state index contributed by atoms with van der Waals surface area (Å²) in [6.45, 7) is 3.41. The van der Waals surface area contributed by atoms with Gasteiger partial charge in [-0.05, 0) is 74.0 Å². The van der Waals surface area contributed by atoms with Crippen molar-refractivity contribution in [3.63, 3.8) is 0 Å². The molecule has 8 heteroatoms. The molecule has 0 aromatic heterocycles. The molecule has 3 aromatic rings. The minimum absolute atomic E-state index is 0.112. The zero-order chi connectivity index (χ0) is 22.6. The number of nitrogens with one attached hydrogen (secondary N) is 1. The van der Waals surface area contributed by atoms with Gasteiger partial charge in [0.1, 0.15) is 12.3 Å². The van der Waals surface area contributed by atoms with Crippen LogP contribution in [0.1, 0.15) is 11.1 Å². The van der Waals surface area contributed by atoms with Crippen LogP contribution in [0.5, 0.6) is 5.75 Å². The maximum absolute atomic E-state index is 13.4. The Balaban J connectivity index is 1.93. The molecule has 162 valence electrons. The zero-order valence-electron chi connectivity index (χ0n) is 17.4. The van der Waals surface area contributed by atoms with Gasteiger partial charge in [-0.25, -0.2) is 8.42 Å². The van der Waals surface area contributed by atoms with Gasteiger partial charge in [0.25, 0.3) is 10.0 Å². The molecule has 0 radical (unpaired) electrons. The van der Waals surface area contributed by atoms with Crippen LogP contribution >= 0.6 is 15.9 Å². The first kappa shape index (κ1) is 22.8. The Bertz CT molecular complexity index is 1180. The molecule has 1 amide bonds. The normalized spacial score (nSPS) is 11.1. The molecule has 31 heavy (non-hydrogen) atoms. The maximum Gasteiger partial charge on any atom is 0.264 e. The summed E-state index contributed by atoms with van der Waals surface area (Å²) < 4.78 is 34.0. The van der Waals surface area contributed by atoms with Crippen molar-refractivity contribution in [1.29, 1.82) is 0 Å². The highest BCUT2D eigenvalue weighted by Crippen LogP contribution is 2.26. The van der Waals surface area contributed by atoms with Gasteiger partial charge in [-0.1, -0.05) is 33.6 Å². The number of aryl methyl sites for hydroxylation is 2. The fraction of sp³-hybridized carbons (Fsp3) is 0.174. The summed E-state index contributed by atoms with van der Waals surface area (Å²) in [6.07, 6.45) is 0. The van der Waals surface area contributed by atoms with Crippen molar-refractivity contribution in [3.05, 3.63) is 82.3 Å². The topological polar surface area (TPSA) is 75.7 Å². The van der Waals surface area contributed by atoms with E-state index in [9.17, 15) is 13.2 Å². The fourth-order valence-corrected chi connectivity index (χ4v) is 4.62. The molecular weight excluding hydrogens is 480 g/mol. The molecular formula is C23H23BrN2O4S. The fourth-order valence-electron chi connectivity index (χ4n) is 2.95. The van der Waals surface area contributed by atoms with Crippen molar-refractivity contribution in [2.45, 2.75) is 18.7 Å². The molecule has 0 saturated heterocycles. The highest BCUT2D eigenvalue weighted by atomic mass is 79.9. The number of carbonyl (C=O) groups excluding carboxylic acids is 1. The average molecular weight is 503 g/mol. The number of nitrogens with zero attached hydrogens (tertiary/aromatic N) is 1. The number of carbonyl (C=O) groups is 1. The molecule has 0 unspecified atom stereocenters. The second-order valence-corrected chi connectivity index (χ2v) is 9.75. The van der Waals surface area contributed by atoms with Crippen molar-refractivity contribution in [3.8, 4) is 5.75 Å². The standard InChI is InChI=1S/C23H23BrN2O4S/c1-16-4-11-21(12-5-16)31(28,29)26(19-7-9-20(30-3)10-8-19)15-23(27)25-18-6-13-22(24)17(2)14-18/h4-14H,15H2,1-3H3,(H,25,27). The second-order valence-electron chi connectivity index (χ2n) is 7.03. The minimum Gasteiger partial charge on any atom is -0.497 e. The van der Waals surface area contributed by atoms with Crippen molar-refractivity contribution in [2.24, 2.45) is 0 Å². The van der Waals surface area contributed by atoms with Crippen LogP contribution in [0.3, 0.4) is 0 Å². The van der Waals surface area contributed by atoms with Gasteiger partial charge >= 0.3 is 0 Å². The summed E-state index contributed by atoms with van der Waals surface area (Å²) >= 11 is 3.42. The summed E-state index contributed by atoms with van der Waals surface area (Å²) in [4.78, 5) is 12.9. The number of benzene rings is 3. The number of hydrogen-bond donors (Lipinski definition) is 1. The van der Waals surface area contributed by atoms with Gasteiger partial charge in [-0.3, -0.25) is 9.10 Å². The quantitative estimate of drug-likeness (QED) is 0.497. The second kappa shape index (κ2) is 9.53. The third-order valence-corrected chi connectivity index (χ3v) is 7.38. The number of ether oxygens (including phenoxy) is 1. The van der Waals surface area contributed by atoms with E-state index >= 15 is 0 Å². The average Bonchev–Trinajstić information content (AvgIpc) is 2.75. The van der Waals surface area contributed by atoms with Crippen molar-refractivity contribution >= 4 is 43.2 Å². The van der Waals surface area contributed by atoms with Crippen LogP contribution in [0.15, 0.2) is 76.1 Å². The van der Waals surface area contributed by atoms with Crippen LogP contribution in [0.4, 0.5) is 11.4 Å². The number of anilines is 2. The lowest BCUT2D eigenvalue weighted by Gasteiger charge is -2.24. The van der Waals surface area contributed by atoms with E-state index in [0.717, 1.165) is 19.9 Å². The lowest BCUT2D eigenvalue weighted by molar-refractivity contribution is -0.114. The van der Waals surface area contributed by atoms with Gasteiger partial charge in [0, 0.05) is 10.2 Å². The molecule has 0 fully saturated rings. The van der Waals surface area contributed by atoms with E-state index in [1.807, 2.05) is 26.0 Å². The van der Waals surface area contributed by atoms with E-state index in [-0.39, 0.29) is 11.4 Å². The van der Waals surface area contributed by atoms with Crippen LogP contribution in [0.2, 0.25) is 0 Å². The third kappa shape index (κ3) is 5.45. The van der Waals surface area contributed by atoms with Gasteiger partial charge in [0.15, 0.2) is 0 Å². The number of methoxy groups -OCH3 is 1.